The van der Waals surface area contributed by atoms with Gasteiger partial charge in [-0.1, -0.05) is 12.1 Å². The highest BCUT2D eigenvalue weighted by Crippen LogP contribution is 2.22. The summed E-state index contributed by atoms with van der Waals surface area (Å²) >= 11 is 5.03. The average molecular weight is 339 g/mol. The van der Waals surface area contributed by atoms with Gasteiger partial charge in [-0.25, -0.2) is 4.79 Å². The van der Waals surface area contributed by atoms with Gasteiger partial charge in [0.05, 0.1) is 0 Å². The smallest absolute Gasteiger partial charge is 0.328 e. The fraction of sp³-hybridized carbons (Fsp3) is 0.0714. The van der Waals surface area contributed by atoms with Crippen molar-refractivity contribution in [2.24, 2.45) is 0 Å². The Morgan fingerprint density at radius 2 is 2.11 bits per heavy atom. The van der Waals surface area contributed by atoms with Crippen LogP contribution in [0.15, 0.2) is 46.3 Å². The molecule has 1 aromatic carbocycles. The molecule has 2 aromatic rings. The van der Waals surface area contributed by atoms with E-state index in [2.05, 4.69) is 15.9 Å². The minimum atomic E-state index is -0.955. The lowest BCUT2D eigenvalue weighted by molar-refractivity contribution is -0.131. The maximum absolute atomic E-state index is 10.4. The highest BCUT2D eigenvalue weighted by molar-refractivity contribution is 9.10. The molecular weight excluding hydrogens is 328 g/mol. The molecule has 1 aromatic heterocycles. The Morgan fingerprint density at radius 1 is 1.37 bits per heavy atom. The molecule has 3 nitrogen and oxygen atoms in total. The summed E-state index contributed by atoms with van der Waals surface area (Å²) in [6.07, 6.45) is 2.65. The van der Waals surface area contributed by atoms with Gasteiger partial charge in [-0.15, -0.1) is 11.3 Å². The Morgan fingerprint density at radius 3 is 2.68 bits per heavy atom. The van der Waals surface area contributed by atoms with Crippen molar-refractivity contribution >= 4 is 39.3 Å². The van der Waals surface area contributed by atoms with Crippen molar-refractivity contribution in [3.05, 3.63) is 56.7 Å². The quantitative estimate of drug-likeness (QED) is 0.831. The van der Waals surface area contributed by atoms with Gasteiger partial charge in [0.1, 0.15) is 12.4 Å². The van der Waals surface area contributed by atoms with Crippen molar-refractivity contribution in [3.63, 3.8) is 0 Å². The van der Waals surface area contributed by atoms with Crippen molar-refractivity contribution < 1.29 is 14.6 Å². The predicted molar refractivity (Wildman–Crippen MR) is 79.5 cm³/mol. The minimum absolute atomic E-state index is 0.528. The lowest BCUT2D eigenvalue weighted by Gasteiger charge is -2.04. The van der Waals surface area contributed by atoms with Gasteiger partial charge >= 0.3 is 5.97 Å². The number of halogens is 1. The molecule has 0 saturated carbocycles. The van der Waals surface area contributed by atoms with Gasteiger partial charge in [-0.05, 0) is 45.8 Å². The number of thiophene rings is 1. The van der Waals surface area contributed by atoms with Crippen LogP contribution in [0, 0.1) is 0 Å². The summed E-state index contributed by atoms with van der Waals surface area (Å²) in [7, 11) is 0. The third-order valence-electron chi connectivity index (χ3n) is 2.30. The third kappa shape index (κ3) is 4.54. The number of benzene rings is 1. The number of carboxylic acid groups (broad SMARTS) is 1. The van der Waals surface area contributed by atoms with Crippen LogP contribution < -0.4 is 4.74 Å². The summed E-state index contributed by atoms with van der Waals surface area (Å²) in [5.74, 6) is -0.194. The second-order valence-electron chi connectivity index (χ2n) is 3.76. The maximum atomic E-state index is 10.4. The van der Waals surface area contributed by atoms with Gasteiger partial charge in [0.25, 0.3) is 0 Å². The summed E-state index contributed by atoms with van der Waals surface area (Å²) < 4.78 is 6.70. The number of hydrogen-bond acceptors (Lipinski definition) is 3. The fourth-order valence-corrected chi connectivity index (χ4v) is 2.79. The van der Waals surface area contributed by atoms with Crippen molar-refractivity contribution in [1.82, 2.24) is 0 Å². The number of carbonyl (C=O) groups is 1. The van der Waals surface area contributed by atoms with Gasteiger partial charge in [-0.2, -0.15) is 0 Å². The van der Waals surface area contributed by atoms with E-state index in [9.17, 15) is 4.79 Å². The molecule has 0 bridgehead atoms. The predicted octanol–water partition coefficient (Wildman–Crippen LogP) is 4.19. The van der Waals surface area contributed by atoms with Crippen molar-refractivity contribution in [1.29, 1.82) is 0 Å². The summed E-state index contributed by atoms with van der Waals surface area (Å²) in [4.78, 5) is 11.5. The molecule has 0 spiro atoms. The average Bonchev–Trinajstić information content (AvgIpc) is 2.81. The second kappa shape index (κ2) is 6.54. The van der Waals surface area contributed by atoms with Crippen LogP contribution in [0.4, 0.5) is 0 Å². The lowest BCUT2D eigenvalue weighted by atomic mass is 10.2. The van der Waals surface area contributed by atoms with E-state index in [1.807, 2.05) is 35.7 Å². The third-order valence-corrected chi connectivity index (χ3v) is 3.97. The largest absolute Gasteiger partial charge is 0.488 e. The van der Waals surface area contributed by atoms with Crippen LogP contribution in [0.25, 0.3) is 6.08 Å². The monoisotopic (exact) mass is 338 g/mol. The number of ether oxygens (including phenoxy) is 1. The molecule has 0 saturated heterocycles. The van der Waals surface area contributed by atoms with E-state index >= 15 is 0 Å². The van der Waals surface area contributed by atoms with Gasteiger partial charge in [0.15, 0.2) is 0 Å². The Balaban J connectivity index is 1.93. The summed E-state index contributed by atoms with van der Waals surface area (Å²) in [6.45, 7) is 0.528. The zero-order chi connectivity index (χ0) is 13.7. The lowest BCUT2D eigenvalue weighted by Crippen LogP contribution is -1.92. The SMILES string of the molecule is O=C(O)C=Cc1ccc(OCc2cc(Br)cs2)cc1. The molecule has 0 atom stereocenters. The van der Waals surface area contributed by atoms with Crippen LogP contribution in [0.5, 0.6) is 5.75 Å². The van der Waals surface area contributed by atoms with Crippen molar-refractivity contribution in [3.8, 4) is 5.75 Å². The fourth-order valence-electron chi connectivity index (χ4n) is 1.43. The van der Waals surface area contributed by atoms with Gasteiger partial charge in [0, 0.05) is 20.8 Å². The zero-order valence-electron chi connectivity index (χ0n) is 9.88. The zero-order valence-corrected chi connectivity index (χ0v) is 12.3. The summed E-state index contributed by atoms with van der Waals surface area (Å²) in [5.41, 5.74) is 0.827. The minimum Gasteiger partial charge on any atom is -0.488 e. The molecule has 0 aliphatic carbocycles. The molecule has 0 unspecified atom stereocenters. The number of hydrogen-bond donors (Lipinski definition) is 1. The molecule has 98 valence electrons. The number of aliphatic carboxylic acids is 1. The first-order valence-electron chi connectivity index (χ1n) is 5.50. The van der Waals surface area contributed by atoms with E-state index < -0.39 is 5.97 Å². The molecule has 0 radical (unpaired) electrons. The molecule has 19 heavy (non-hydrogen) atoms. The highest BCUT2D eigenvalue weighted by atomic mass is 79.9. The summed E-state index contributed by atoms with van der Waals surface area (Å²) in [5, 5.41) is 10.5. The highest BCUT2D eigenvalue weighted by Gasteiger charge is 1.99. The molecule has 0 amide bonds. The summed E-state index contributed by atoms with van der Waals surface area (Å²) in [6, 6.07) is 9.31. The van der Waals surface area contributed by atoms with Crippen LogP contribution >= 0.6 is 27.3 Å². The second-order valence-corrected chi connectivity index (χ2v) is 5.67. The topological polar surface area (TPSA) is 46.5 Å². The van der Waals surface area contributed by atoms with Crippen LogP contribution in [0.2, 0.25) is 0 Å². The first-order valence-corrected chi connectivity index (χ1v) is 7.17. The van der Waals surface area contributed by atoms with E-state index in [1.165, 1.54) is 0 Å². The van der Waals surface area contributed by atoms with Crippen LogP contribution in [-0.2, 0) is 11.4 Å². The molecule has 1 N–H and O–H groups in total. The first kappa shape index (κ1) is 13.8. The van der Waals surface area contributed by atoms with Gasteiger partial charge < -0.3 is 9.84 Å². The molecule has 0 fully saturated rings. The number of rotatable bonds is 5. The van der Waals surface area contributed by atoms with Crippen LogP contribution in [0.3, 0.4) is 0 Å². The Kier molecular flexibility index (Phi) is 4.76. The molecule has 0 aliphatic rings. The number of carboxylic acids is 1. The molecular formula is C14H11BrO3S. The molecule has 5 heteroatoms. The Hall–Kier alpha value is -1.59. The van der Waals surface area contributed by atoms with E-state index in [0.717, 1.165) is 26.7 Å². The van der Waals surface area contributed by atoms with E-state index in [0.29, 0.717) is 6.61 Å². The normalized spacial score (nSPS) is 10.8. The maximum Gasteiger partial charge on any atom is 0.328 e. The van der Waals surface area contributed by atoms with Crippen LogP contribution in [0.1, 0.15) is 10.4 Å². The van der Waals surface area contributed by atoms with E-state index in [-0.39, 0.29) is 0 Å². The molecule has 2 rings (SSSR count). The standard InChI is InChI=1S/C14H11BrO3S/c15-11-7-13(19-9-11)8-18-12-4-1-10(2-5-12)3-6-14(16)17/h1-7,9H,8H2,(H,16,17). The van der Waals surface area contributed by atoms with Gasteiger partial charge in [-0.3, -0.25) is 0 Å². The van der Waals surface area contributed by atoms with Crippen molar-refractivity contribution in [2.75, 3.05) is 0 Å². The Bertz CT molecular complexity index is 587. The first-order chi connectivity index (χ1) is 9.13. The van der Waals surface area contributed by atoms with Crippen molar-refractivity contribution in [2.45, 2.75) is 6.61 Å². The molecule has 1 heterocycles. The van der Waals surface area contributed by atoms with Gasteiger partial charge in [0.2, 0.25) is 0 Å². The van der Waals surface area contributed by atoms with E-state index in [4.69, 9.17) is 9.84 Å². The van der Waals surface area contributed by atoms with E-state index in [1.54, 1.807) is 17.4 Å². The van der Waals surface area contributed by atoms with Crippen LogP contribution in [-0.4, -0.2) is 11.1 Å². The Labute approximate surface area is 123 Å². The molecule has 0 aliphatic heterocycles.